The van der Waals surface area contributed by atoms with Crippen LogP contribution in [0.2, 0.25) is 0 Å². The Labute approximate surface area is 217 Å². The van der Waals surface area contributed by atoms with Gasteiger partial charge in [0, 0.05) is 31.3 Å². The molecule has 1 fully saturated rings. The third-order valence-electron chi connectivity index (χ3n) is 7.62. The number of nitrogens with one attached hydrogen (secondary N) is 1. The molecule has 13 heteroatoms. The van der Waals surface area contributed by atoms with Crippen molar-refractivity contribution in [1.29, 1.82) is 0 Å². The highest BCUT2D eigenvalue weighted by Gasteiger charge is 2.64. The predicted octanol–water partition coefficient (Wildman–Crippen LogP) is -0.679. The average molecular weight is 531 g/mol. The first-order valence-corrected chi connectivity index (χ1v) is 11.7. The summed E-state index contributed by atoms with van der Waals surface area (Å²) in [5, 5.41) is 45.0. The number of phenols is 1. The Hall–Kier alpha value is -3.94. The molecule has 0 unspecified atom stereocenters. The van der Waals surface area contributed by atoms with Crippen molar-refractivity contribution in [3.63, 3.8) is 0 Å². The number of hydrogen-bond donors (Lipinski definition) is 6. The number of amides is 2. The number of carbonyl (C=O) groups excluding carboxylic acids is 4. The second kappa shape index (κ2) is 9.11. The molecular weight excluding hydrogens is 500 g/mol. The first-order valence-electron chi connectivity index (χ1n) is 11.7. The molecule has 7 N–H and O–H groups in total. The molecule has 0 aromatic heterocycles. The summed E-state index contributed by atoms with van der Waals surface area (Å²) in [6, 6.07) is 0.247. The van der Waals surface area contributed by atoms with Crippen molar-refractivity contribution in [2.75, 3.05) is 40.2 Å². The van der Waals surface area contributed by atoms with E-state index in [0.717, 1.165) is 0 Å². The molecule has 2 amide bonds. The summed E-state index contributed by atoms with van der Waals surface area (Å²) >= 11 is 0. The van der Waals surface area contributed by atoms with Gasteiger partial charge in [-0.05, 0) is 44.5 Å². The van der Waals surface area contributed by atoms with Crippen LogP contribution in [0.1, 0.15) is 27.9 Å². The molecule has 1 saturated carbocycles. The summed E-state index contributed by atoms with van der Waals surface area (Å²) in [4.78, 5) is 59.4. The largest absolute Gasteiger partial charge is 0.508 e. The number of benzene rings is 1. The van der Waals surface area contributed by atoms with Crippen molar-refractivity contribution >= 4 is 34.8 Å². The molecule has 38 heavy (non-hydrogen) atoms. The monoisotopic (exact) mass is 530 g/mol. The van der Waals surface area contributed by atoms with E-state index in [9.17, 15) is 39.6 Å². The Morgan fingerprint density at radius 2 is 1.79 bits per heavy atom. The van der Waals surface area contributed by atoms with Crippen LogP contribution in [0.25, 0.3) is 5.76 Å². The number of primary amides is 1. The van der Waals surface area contributed by atoms with Crippen molar-refractivity contribution in [1.82, 2.24) is 10.4 Å². The molecule has 204 valence electrons. The Morgan fingerprint density at radius 1 is 1.16 bits per heavy atom. The maximum absolute atomic E-state index is 13.9. The Kier molecular flexibility index (Phi) is 6.50. The number of phenolic OH excluding ortho intramolecular Hbond substituents is 1. The van der Waals surface area contributed by atoms with Gasteiger partial charge in [0.05, 0.1) is 24.3 Å². The van der Waals surface area contributed by atoms with Crippen LogP contribution in [0.15, 0.2) is 23.0 Å². The fourth-order valence-electron chi connectivity index (χ4n) is 6.01. The van der Waals surface area contributed by atoms with Gasteiger partial charge in [-0.1, -0.05) is 0 Å². The van der Waals surface area contributed by atoms with Gasteiger partial charge < -0.3 is 31.1 Å². The normalized spacial score (nSPS) is 26.7. The molecule has 0 radical (unpaired) electrons. The van der Waals surface area contributed by atoms with E-state index in [1.807, 2.05) is 0 Å². The first kappa shape index (κ1) is 27.1. The third-order valence-corrected chi connectivity index (χ3v) is 7.62. The minimum absolute atomic E-state index is 0.0364. The molecule has 0 aliphatic heterocycles. The number of fused-ring (bicyclic) bond motifs is 3. The molecule has 4 rings (SSSR count). The number of hydroxylamine groups is 1. The number of hydrogen-bond acceptors (Lipinski definition) is 11. The number of anilines is 1. The standard InChI is InChI=1S/C25H30N4O9/c1-28(2)13-8-11(24(36)27-38-5)18(30)15-10(13)6-9-7-12-17(29(3)4)20(32)16(23(26)35)22(34)25(12,37)21(33)14(9)19(15)31/h8-9,12,17,30-31,34,37H,6-7H2,1-5H3,(H2,26,35)(H,27,36)/t9-,12-,17-,25-/m0/s1. The second-order valence-corrected chi connectivity index (χ2v) is 10.1. The Bertz CT molecular complexity index is 1350. The van der Waals surface area contributed by atoms with E-state index in [2.05, 4.69) is 10.3 Å². The summed E-state index contributed by atoms with van der Waals surface area (Å²) in [5.74, 6) is -8.45. The SMILES string of the molecule is CONC(=O)c1cc(N(C)C)c2c(c1O)C(O)=C1C(=O)[C@]3(O)C(O)=C(C(N)=O)C(=O)[C@@H](N(C)C)[C@@H]3C[C@@H]1C2. The summed E-state index contributed by atoms with van der Waals surface area (Å²) in [6.45, 7) is 0. The van der Waals surface area contributed by atoms with Crippen molar-refractivity contribution in [3.8, 4) is 5.75 Å². The summed E-state index contributed by atoms with van der Waals surface area (Å²) in [7, 11) is 7.66. The maximum atomic E-state index is 13.9. The van der Waals surface area contributed by atoms with Crippen LogP contribution in [-0.4, -0.2) is 95.7 Å². The molecule has 0 heterocycles. The highest BCUT2D eigenvalue weighted by atomic mass is 16.6. The van der Waals surface area contributed by atoms with Gasteiger partial charge in [-0.3, -0.25) is 28.9 Å². The van der Waals surface area contributed by atoms with Gasteiger partial charge in [0.2, 0.25) is 5.78 Å². The lowest BCUT2D eigenvalue weighted by molar-refractivity contribution is -0.153. The number of Topliss-reactive ketones (excluding diaryl/α,β-unsaturated/α-hetero) is 2. The van der Waals surface area contributed by atoms with Crippen molar-refractivity contribution in [3.05, 3.63) is 39.7 Å². The predicted molar refractivity (Wildman–Crippen MR) is 133 cm³/mol. The van der Waals surface area contributed by atoms with Gasteiger partial charge in [-0.25, -0.2) is 5.48 Å². The number of aliphatic hydroxyl groups excluding tert-OH is 2. The minimum atomic E-state index is -2.74. The third kappa shape index (κ3) is 3.57. The van der Waals surface area contributed by atoms with E-state index in [1.165, 1.54) is 32.2 Å². The number of aromatic hydroxyl groups is 1. The molecular formula is C25H30N4O9. The fourth-order valence-corrected chi connectivity index (χ4v) is 6.01. The number of likely N-dealkylation sites (N-methyl/N-ethyl adjacent to an activating group) is 1. The van der Waals surface area contributed by atoms with E-state index < -0.39 is 69.7 Å². The van der Waals surface area contributed by atoms with Crippen LogP contribution in [0, 0.1) is 11.8 Å². The zero-order chi connectivity index (χ0) is 28.4. The van der Waals surface area contributed by atoms with Crippen LogP contribution >= 0.6 is 0 Å². The molecule has 0 bridgehead atoms. The molecule has 4 atom stereocenters. The number of carbonyl (C=O) groups is 4. The van der Waals surface area contributed by atoms with E-state index in [-0.39, 0.29) is 29.5 Å². The zero-order valence-electron chi connectivity index (χ0n) is 21.5. The highest BCUT2D eigenvalue weighted by Crippen LogP contribution is 2.54. The molecule has 1 aromatic rings. The van der Waals surface area contributed by atoms with E-state index in [1.54, 1.807) is 19.0 Å². The van der Waals surface area contributed by atoms with Gasteiger partial charge in [-0.15, -0.1) is 0 Å². The van der Waals surface area contributed by atoms with Crippen LogP contribution in [0.3, 0.4) is 0 Å². The maximum Gasteiger partial charge on any atom is 0.278 e. The van der Waals surface area contributed by atoms with Crippen molar-refractivity contribution in [2.45, 2.75) is 24.5 Å². The zero-order valence-corrected chi connectivity index (χ0v) is 21.5. The summed E-state index contributed by atoms with van der Waals surface area (Å²) in [6.07, 6.45) is 0.0626. The number of nitrogens with two attached hydrogens (primary N) is 1. The average Bonchev–Trinajstić information content (AvgIpc) is 2.81. The number of nitrogens with zero attached hydrogens (tertiary/aromatic N) is 2. The molecule has 13 nitrogen and oxygen atoms in total. The van der Waals surface area contributed by atoms with E-state index in [4.69, 9.17) is 5.73 Å². The molecule has 0 saturated heterocycles. The van der Waals surface area contributed by atoms with Gasteiger partial charge in [0.15, 0.2) is 11.4 Å². The quantitative estimate of drug-likeness (QED) is 0.208. The lowest BCUT2D eigenvalue weighted by atomic mass is 9.57. The topological polar surface area (TPSA) is 203 Å². The molecule has 1 aromatic carbocycles. The molecule has 0 spiro atoms. The first-order chi connectivity index (χ1) is 17.7. The molecule has 3 aliphatic carbocycles. The lowest BCUT2D eigenvalue weighted by Crippen LogP contribution is -2.65. The number of rotatable bonds is 5. The van der Waals surface area contributed by atoms with Crippen molar-refractivity contribution in [2.24, 2.45) is 17.6 Å². The Balaban J connectivity index is 2.01. The van der Waals surface area contributed by atoms with E-state index in [0.29, 0.717) is 11.3 Å². The van der Waals surface area contributed by atoms with Gasteiger partial charge >= 0.3 is 0 Å². The second-order valence-electron chi connectivity index (χ2n) is 10.1. The van der Waals surface area contributed by atoms with Crippen LogP contribution in [-0.2, 0) is 25.6 Å². The fraction of sp³-hybridized carbons (Fsp3) is 0.440. The van der Waals surface area contributed by atoms with E-state index >= 15 is 0 Å². The van der Waals surface area contributed by atoms with Gasteiger partial charge in [-0.2, -0.15) is 0 Å². The van der Waals surface area contributed by atoms with Crippen LogP contribution < -0.4 is 16.1 Å². The van der Waals surface area contributed by atoms with Gasteiger partial charge in [0.25, 0.3) is 11.8 Å². The molecule has 3 aliphatic rings. The Morgan fingerprint density at radius 3 is 2.32 bits per heavy atom. The van der Waals surface area contributed by atoms with Gasteiger partial charge in [0.1, 0.15) is 22.8 Å². The summed E-state index contributed by atoms with van der Waals surface area (Å²) < 4.78 is 0. The van der Waals surface area contributed by atoms with Crippen molar-refractivity contribution < 1.29 is 44.4 Å². The number of ketones is 2. The highest BCUT2D eigenvalue weighted by molar-refractivity contribution is 6.24. The number of aliphatic hydroxyl groups is 3. The smallest absolute Gasteiger partial charge is 0.278 e. The minimum Gasteiger partial charge on any atom is -0.508 e. The van der Waals surface area contributed by atoms with Crippen LogP contribution in [0.5, 0.6) is 5.75 Å². The summed E-state index contributed by atoms with van der Waals surface area (Å²) in [5.41, 5.74) is 3.98. The van der Waals surface area contributed by atoms with Crippen LogP contribution in [0.4, 0.5) is 5.69 Å². The lowest BCUT2D eigenvalue weighted by Gasteiger charge is -2.50.